The van der Waals surface area contributed by atoms with Crippen LogP contribution in [0.5, 0.6) is 0 Å². The first-order chi connectivity index (χ1) is 8.95. The van der Waals surface area contributed by atoms with E-state index < -0.39 is 0 Å². The van der Waals surface area contributed by atoms with Crippen LogP contribution in [0.15, 0.2) is 12.3 Å². The van der Waals surface area contributed by atoms with Gasteiger partial charge in [0.15, 0.2) is 5.78 Å². The minimum Gasteiger partial charge on any atom is -0.383 e. The fourth-order valence-electron chi connectivity index (χ4n) is 1.81. The molecule has 1 heterocycles. The van der Waals surface area contributed by atoms with Crippen molar-refractivity contribution in [2.75, 3.05) is 26.8 Å². The van der Waals surface area contributed by atoms with Crippen molar-refractivity contribution < 1.29 is 14.3 Å². The quantitative estimate of drug-likeness (QED) is 0.767. The highest BCUT2D eigenvalue weighted by Gasteiger charge is 2.18. The lowest BCUT2D eigenvalue weighted by atomic mass is 10.2. The summed E-state index contributed by atoms with van der Waals surface area (Å²) in [6.07, 6.45) is 1.57. The van der Waals surface area contributed by atoms with E-state index in [1.807, 2.05) is 0 Å². The van der Waals surface area contributed by atoms with Gasteiger partial charge < -0.3 is 14.6 Å². The number of nitrogens with one attached hydrogen (secondary N) is 1. The molecule has 0 spiro atoms. The van der Waals surface area contributed by atoms with Crippen molar-refractivity contribution in [2.24, 2.45) is 5.92 Å². The summed E-state index contributed by atoms with van der Waals surface area (Å²) in [4.78, 5) is 28.2. The van der Waals surface area contributed by atoms with Crippen LogP contribution >= 0.6 is 0 Å². The molecule has 0 saturated carbocycles. The van der Waals surface area contributed by atoms with Crippen LogP contribution < -0.4 is 0 Å². The smallest absolute Gasteiger partial charge is 0.270 e. The largest absolute Gasteiger partial charge is 0.383 e. The zero-order valence-electron chi connectivity index (χ0n) is 12.0. The minimum atomic E-state index is -0.0988. The van der Waals surface area contributed by atoms with Crippen molar-refractivity contribution in [2.45, 2.75) is 20.8 Å². The number of Topliss-reactive ketones (excluding diaryl/α,β-unsaturated/α-hetero) is 1. The average Bonchev–Trinajstić information content (AvgIpc) is 2.82. The van der Waals surface area contributed by atoms with Crippen LogP contribution in [0.25, 0.3) is 0 Å². The van der Waals surface area contributed by atoms with Gasteiger partial charge >= 0.3 is 0 Å². The van der Waals surface area contributed by atoms with Crippen LogP contribution in [0.2, 0.25) is 0 Å². The lowest BCUT2D eigenvalue weighted by Crippen LogP contribution is -2.36. The predicted octanol–water partition coefficient (Wildman–Crippen LogP) is 1.96. The van der Waals surface area contributed by atoms with Gasteiger partial charge in [-0.05, 0) is 18.9 Å². The first-order valence-electron chi connectivity index (χ1n) is 6.43. The number of carbonyl (C=O) groups is 2. The molecule has 0 atom stereocenters. The summed E-state index contributed by atoms with van der Waals surface area (Å²) in [7, 11) is 1.61. The van der Waals surface area contributed by atoms with Gasteiger partial charge in [0.2, 0.25) is 0 Å². The molecule has 0 saturated heterocycles. The number of aromatic amines is 1. The van der Waals surface area contributed by atoms with Crippen LogP contribution in [0.1, 0.15) is 41.6 Å². The highest BCUT2D eigenvalue weighted by atomic mass is 16.5. The van der Waals surface area contributed by atoms with Gasteiger partial charge in [0, 0.05) is 32.0 Å². The lowest BCUT2D eigenvalue weighted by molar-refractivity contribution is 0.0667. The molecule has 1 aromatic heterocycles. The fraction of sp³-hybridized carbons (Fsp3) is 0.571. The Balaban J connectivity index is 2.81. The second kappa shape index (κ2) is 7.09. The summed E-state index contributed by atoms with van der Waals surface area (Å²) in [5.74, 6) is 0.226. The number of ketones is 1. The van der Waals surface area contributed by atoms with Gasteiger partial charge in [-0.3, -0.25) is 9.59 Å². The Bertz CT molecular complexity index is 438. The Morgan fingerprint density at radius 2 is 2.11 bits per heavy atom. The Labute approximate surface area is 113 Å². The molecule has 5 nitrogen and oxygen atoms in total. The van der Waals surface area contributed by atoms with Gasteiger partial charge in [-0.1, -0.05) is 13.8 Å². The third-order valence-corrected chi connectivity index (χ3v) is 2.76. The highest BCUT2D eigenvalue weighted by molar-refractivity contribution is 5.99. The average molecular weight is 266 g/mol. The van der Waals surface area contributed by atoms with Crippen LogP contribution in [0, 0.1) is 5.92 Å². The number of nitrogens with zero attached hydrogens (tertiary/aromatic N) is 1. The molecule has 0 fully saturated rings. The molecule has 0 aliphatic rings. The van der Waals surface area contributed by atoms with Crippen LogP contribution in [-0.4, -0.2) is 48.4 Å². The summed E-state index contributed by atoms with van der Waals surface area (Å²) in [6, 6.07) is 1.60. The third-order valence-electron chi connectivity index (χ3n) is 2.76. The fourth-order valence-corrected chi connectivity index (χ4v) is 1.81. The molecular formula is C14H22N2O3. The Hall–Kier alpha value is -1.62. The molecule has 1 N–H and O–H groups in total. The molecule has 0 bridgehead atoms. The van der Waals surface area contributed by atoms with Gasteiger partial charge in [-0.25, -0.2) is 0 Å². The maximum Gasteiger partial charge on any atom is 0.270 e. The van der Waals surface area contributed by atoms with Gasteiger partial charge in [0.1, 0.15) is 5.69 Å². The van der Waals surface area contributed by atoms with Gasteiger partial charge in [0.05, 0.1) is 6.61 Å². The van der Waals surface area contributed by atoms with E-state index in [1.165, 1.54) is 6.92 Å². The van der Waals surface area contributed by atoms with E-state index in [1.54, 1.807) is 24.3 Å². The molecule has 5 heteroatoms. The number of amides is 1. The zero-order valence-corrected chi connectivity index (χ0v) is 12.0. The molecule has 0 aliphatic heterocycles. The van der Waals surface area contributed by atoms with Crippen molar-refractivity contribution in [3.05, 3.63) is 23.5 Å². The molecule has 0 radical (unpaired) electrons. The van der Waals surface area contributed by atoms with E-state index in [-0.39, 0.29) is 11.7 Å². The standard InChI is InChI=1S/C14H22N2O3/c1-10(2)9-16(5-6-19-4)14(18)13-7-12(8-15-13)11(3)17/h7-8,10,15H,5-6,9H2,1-4H3. The van der Waals surface area contributed by atoms with Gasteiger partial charge in [-0.15, -0.1) is 0 Å². The Morgan fingerprint density at radius 1 is 1.42 bits per heavy atom. The second-order valence-electron chi connectivity index (χ2n) is 5.00. The van der Waals surface area contributed by atoms with Crippen molar-refractivity contribution in [1.82, 2.24) is 9.88 Å². The van der Waals surface area contributed by atoms with Crippen LogP contribution in [-0.2, 0) is 4.74 Å². The van der Waals surface area contributed by atoms with Gasteiger partial charge in [0.25, 0.3) is 5.91 Å². The maximum atomic E-state index is 12.3. The normalized spacial score (nSPS) is 10.8. The summed E-state index contributed by atoms with van der Waals surface area (Å²) < 4.78 is 5.03. The lowest BCUT2D eigenvalue weighted by Gasteiger charge is -2.23. The summed E-state index contributed by atoms with van der Waals surface area (Å²) in [5.41, 5.74) is 0.974. The SMILES string of the molecule is COCCN(CC(C)C)C(=O)c1cc(C(C)=O)c[nH]1. The van der Waals surface area contributed by atoms with Crippen molar-refractivity contribution in [3.8, 4) is 0 Å². The zero-order chi connectivity index (χ0) is 14.4. The van der Waals surface area contributed by atoms with E-state index in [2.05, 4.69) is 18.8 Å². The second-order valence-corrected chi connectivity index (χ2v) is 5.00. The molecule has 1 amide bonds. The topological polar surface area (TPSA) is 62.4 Å². The van der Waals surface area contributed by atoms with Crippen molar-refractivity contribution in [3.63, 3.8) is 0 Å². The van der Waals surface area contributed by atoms with Crippen LogP contribution in [0.4, 0.5) is 0 Å². The van der Waals surface area contributed by atoms with Gasteiger partial charge in [-0.2, -0.15) is 0 Å². The molecule has 19 heavy (non-hydrogen) atoms. The molecule has 0 aliphatic carbocycles. The van der Waals surface area contributed by atoms with Crippen molar-refractivity contribution >= 4 is 11.7 Å². The third kappa shape index (κ3) is 4.52. The number of hydrogen-bond donors (Lipinski definition) is 1. The van der Waals surface area contributed by atoms with E-state index in [4.69, 9.17) is 4.74 Å². The Morgan fingerprint density at radius 3 is 2.58 bits per heavy atom. The molecule has 1 aromatic rings. The molecular weight excluding hydrogens is 244 g/mol. The molecule has 0 unspecified atom stereocenters. The number of carbonyl (C=O) groups excluding carboxylic acids is 2. The van der Waals surface area contributed by atoms with Crippen LogP contribution in [0.3, 0.4) is 0 Å². The molecule has 106 valence electrons. The van der Waals surface area contributed by atoms with Crippen molar-refractivity contribution in [1.29, 1.82) is 0 Å². The van der Waals surface area contributed by atoms with E-state index in [0.717, 1.165) is 0 Å². The molecule has 1 rings (SSSR count). The number of H-pyrrole nitrogens is 1. The van der Waals surface area contributed by atoms with E-state index in [9.17, 15) is 9.59 Å². The summed E-state index contributed by atoms with van der Waals surface area (Å²) in [5, 5.41) is 0. The predicted molar refractivity (Wildman–Crippen MR) is 73.4 cm³/mol. The molecule has 0 aromatic carbocycles. The van der Waals surface area contributed by atoms with E-state index in [0.29, 0.717) is 36.9 Å². The Kier molecular flexibility index (Phi) is 5.76. The number of methoxy groups -OCH3 is 1. The number of hydrogen-bond acceptors (Lipinski definition) is 3. The highest BCUT2D eigenvalue weighted by Crippen LogP contribution is 2.09. The summed E-state index contributed by atoms with van der Waals surface area (Å²) >= 11 is 0. The van der Waals surface area contributed by atoms with E-state index >= 15 is 0 Å². The maximum absolute atomic E-state index is 12.3. The number of aromatic nitrogens is 1. The summed E-state index contributed by atoms with van der Waals surface area (Å²) in [6.45, 7) is 7.30. The number of rotatable bonds is 7. The minimum absolute atomic E-state index is 0.0531. The monoisotopic (exact) mass is 266 g/mol. The first kappa shape index (κ1) is 15.4. The number of ether oxygens (including phenoxy) is 1. The first-order valence-corrected chi connectivity index (χ1v) is 6.43.